The first-order valence-electron chi connectivity index (χ1n) is 11.0. The van der Waals surface area contributed by atoms with Crippen LogP contribution in [-0.4, -0.2) is 25.3 Å². The van der Waals surface area contributed by atoms with E-state index >= 15 is 0 Å². The van der Waals surface area contributed by atoms with Crippen LogP contribution in [0, 0.1) is 0 Å². The molecule has 1 atom stereocenters. The summed E-state index contributed by atoms with van der Waals surface area (Å²) >= 11 is 0. The summed E-state index contributed by atoms with van der Waals surface area (Å²) in [6.07, 6.45) is 3.51. The quantitative estimate of drug-likeness (QED) is 0.237. The minimum absolute atomic E-state index is 0.247. The van der Waals surface area contributed by atoms with Crippen molar-refractivity contribution in [1.29, 1.82) is 0 Å². The second-order valence-corrected chi connectivity index (χ2v) is 7.57. The fourth-order valence-corrected chi connectivity index (χ4v) is 3.07. The molecule has 0 aliphatic carbocycles. The lowest BCUT2D eigenvalue weighted by Crippen LogP contribution is -2.17. The largest absolute Gasteiger partial charge is 0.493 e. The van der Waals surface area contributed by atoms with Crippen molar-refractivity contribution in [1.82, 2.24) is 5.43 Å². The summed E-state index contributed by atoms with van der Waals surface area (Å²) in [7, 11) is 0. The molecule has 0 saturated carbocycles. The average Bonchev–Trinajstić information content (AvgIpc) is 2.84. The minimum atomic E-state index is -0.247. The molecule has 0 aromatic heterocycles. The molecule has 3 rings (SSSR count). The molecule has 0 saturated heterocycles. The minimum Gasteiger partial charge on any atom is -0.493 e. The van der Waals surface area contributed by atoms with Gasteiger partial charge in [-0.05, 0) is 59.9 Å². The van der Waals surface area contributed by atoms with Gasteiger partial charge in [0.1, 0.15) is 11.5 Å². The van der Waals surface area contributed by atoms with Crippen LogP contribution in [0.4, 0.5) is 0 Å². The summed E-state index contributed by atoms with van der Waals surface area (Å²) in [5.41, 5.74) is 5.27. The standard InChI is InChI=1S/C27H30N2O3/c1-3-21(2)23-13-15-25(16-14-23)31-17-8-18-32-26-12-7-9-22(19-26)20-28-29-27(30)24-10-5-4-6-11-24/h4-7,9-16,19-21H,3,8,17-18H2,1-2H3,(H,29,30)/b28-20+. The molecule has 0 radical (unpaired) electrons. The van der Waals surface area contributed by atoms with Gasteiger partial charge in [0.25, 0.3) is 5.91 Å². The Kier molecular flexibility index (Phi) is 8.87. The maximum atomic E-state index is 12.0. The van der Waals surface area contributed by atoms with E-state index < -0.39 is 0 Å². The molecule has 166 valence electrons. The third kappa shape index (κ3) is 7.27. The molecule has 0 aliphatic heterocycles. The van der Waals surface area contributed by atoms with Gasteiger partial charge in [-0.25, -0.2) is 5.43 Å². The highest BCUT2D eigenvalue weighted by molar-refractivity contribution is 5.94. The Bertz CT molecular complexity index is 1000. The Hall–Kier alpha value is -3.60. The number of hydrogen-bond acceptors (Lipinski definition) is 4. The zero-order valence-electron chi connectivity index (χ0n) is 18.7. The number of ether oxygens (including phenoxy) is 2. The zero-order valence-corrected chi connectivity index (χ0v) is 18.7. The lowest BCUT2D eigenvalue weighted by molar-refractivity contribution is 0.0955. The van der Waals surface area contributed by atoms with E-state index in [9.17, 15) is 4.79 Å². The molecule has 3 aromatic carbocycles. The van der Waals surface area contributed by atoms with Crippen molar-refractivity contribution in [3.8, 4) is 11.5 Å². The van der Waals surface area contributed by atoms with Gasteiger partial charge in [-0.1, -0.05) is 56.3 Å². The summed E-state index contributed by atoms with van der Waals surface area (Å²) in [5.74, 6) is 1.95. The van der Waals surface area contributed by atoms with Gasteiger partial charge in [0, 0.05) is 12.0 Å². The van der Waals surface area contributed by atoms with Gasteiger partial charge in [0.15, 0.2) is 0 Å². The topological polar surface area (TPSA) is 59.9 Å². The maximum absolute atomic E-state index is 12.0. The van der Waals surface area contributed by atoms with Gasteiger partial charge in [0.2, 0.25) is 0 Å². The van der Waals surface area contributed by atoms with Crippen LogP contribution in [0.3, 0.4) is 0 Å². The molecule has 32 heavy (non-hydrogen) atoms. The maximum Gasteiger partial charge on any atom is 0.271 e. The second kappa shape index (κ2) is 12.3. The second-order valence-electron chi connectivity index (χ2n) is 7.57. The van der Waals surface area contributed by atoms with Crippen LogP contribution in [0.25, 0.3) is 0 Å². The Balaban J connectivity index is 1.39. The zero-order chi connectivity index (χ0) is 22.6. The lowest BCUT2D eigenvalue weighted by Gasteiger charge is -2.11. The summed E-state index contributed by atoms with van der Waals surface area (Å²) in [6.45, 7) is 5.57. The molecule has 0 spiro atoms. The third-order valence-electron chi connectivity index (χ3n) is 5.16. The van der Waals surface area contributed by atoms with E-state index in [0.29, 0.717) is 24.7 Å². The Morgan fingerprint density at radius 1 is 0.938 bits per heavy atom. The molecular formula is C27H30N2O3. The molecule has 1 N–H and O–H groups in total. The van der Waals surface area contributed by atoms with Crippen LogP contribution in [0.15, 0.2) is 84.0 Å². The number of carbonyl (C=O) groups excluding carboxylic acids is 1. The van der Waals surface area contributed by atoms with Crippen LogP contribution in [0.1, 0.15) is 54.1 Å². The Morgan fingerprint density at radius 3 is 2.38 bits per heavy atom. The smallest absolute Gasteiger partial charge is 0.271 e. The van der Waals surface area contributed by atoms with Gasteiger partial charge in [0.05, 0.1) is 19.4 Å². The van der Waals surface area contributed by atoms with Gasteiger partial charge >= 0.3 is 0 Å². The average molecular weight is 431 g/mol. The van der Waals surface area contributed by atoms with Crippen LogP contribution >= 0.6 is 0 Å². The molecule has 0 aliphatic rings. The first kappa shape index (κ1) is 23.1. The number of amides is 1. The van der Waals surface area contributed by atoms with Crippen LogP contribution in [-0.2, 0) is 0 Å². The molecule has 0 bridgehead atoms. The highest BCUT2D eigenvalue weighted by Crippen LogP contribution is 2.21. The fraction of sp³-hybridized carbons (Fsp3) is 0.259. The van der Waals surface area contributed by atoms with Gasteiger partial charge in [-0.2, -0.15) is 5.10 Å². The van der Waals surface area contributed by atoms with E-state index in [2.05, 4.69) is 36.5 Å². The molecule has 0 heterocycles. The lowest BCUT2D eigenvalue weighted by atomic mass is 9.99. The first-order chi connectivity index (χ1) is 15.7. The van der Waals surface area contributed by atoms with Gasteiger partial charge in [-0.15, -0.1) is 0 Å². The molecular weight excluding hydrogens is 400 g/mol. The van der Waals surface area contributed by atoms with E-state index in [0.717, 1.165) is 29.9 Å². The van der Waals surface area contributed by atoms with Crippen LogP contribution in [0.5, 0.6) is 11.5 Å². The van der Waals surface area contributed by atoms with Crippen molar-refractivity contribution in [2.75, 3.05) is 13.2 Å². The number of rotatable bonds is 11. The number of benzene rings is 3. The van der Waals surface area contributed by atoms with Crippen LogP contribution in [0.2, 0.25) is 0 Å². The monoisotopic (exact) mass is 430 g/mol. The van der Waals surface area contributed by atoms with Crippen molar-refractivity contribution in [3.63, 3.8) is 0 Å². The van der Waals surface area contributed by atoms with Crippen LogP contribution < -0.4 is 14.9 Å². The predicted octanol–water partition coefficient (Wildman–Crippen LogP) is 5.81. The number of nitrogens with zero attached hydrogens (tertiary/aromatic N) is 1. The summed E-state index contributed by atoms with van der Waals surface area (Å²) < 4.78 is 11.6. The molecule has 3 aromatic rings. The number of hydrazone groups is 1. The third-order valence-corrected chi connectivity index (χ3v) is 5.16. The van der Waals surface area contributed by atoms with Crippen molar-refractivity contribution in [2.24, 2.45) is 5.10 Å². The van der Waals surface area contributed by atoms with Gasteiger partial charge in [-0.3, -0.25) is 4.79 Å². The van der Waals surface area contributed by atoms with Gasteiger partial charge < -0.3 is 9.47 Å². The predicted molar refractivity (Wildman–Crippen MR) is 129 cm³/mol. The van der Waals surface area contributed by atoms with Crippen molar-refractivity contribution in [2.45, 2.75) is 32.6 Å². The first-order valence-corrected chi connectivity index (χ1v) is 11.0. The number of hydrogen-bond donors (Lipinski definition) is 1. The summed E-state index contributed by atoms with van der Waals surface area (Å²) in [5, 5.41) is 4.02. The molecule has 1 amide bonds. The molecule has 1 unspecified atom stereocenters. The fourth-order valence-electron chi connectivity index (χ4n) is 3.07. The summed E-state index contributed by atoms with van der Waals surface area (Å²) in [6, 6.07) is 24.9. The number of carbonyl (C=O) groups is 1. The van der Waals surface area contributed by atoms with E-state index in [1.807, 2.05) is 54.6 Å². The highest BCUT2D eigenvalue weighted by Gasteiger charge is 2.03. The summed E-state index contributed by atoms with van der Waals surface area (Å²) in [4.78, 5) is 12.0. The van der Waals surface area contributed by atoms with Crippen molar-refractivity contribution < 1.29 is 14.3 Å². The SMILES string of the molecule is CCC(C)c1ccc(OCCCOc2cccc(/C=N/NC(=O)c3ccccc3)c2)cc1. The molecule has 0 fully saturated rings. The van der Waals surface area contributed by atoms with E-state index in [4.69, 9.17) is 9.47 Å². The van der Waals surface area contributed by atoms with E-state index in [1.54, 1.807) is 18.3 Å². The van der Waals surface area contributed by atoms with Crippen molar-refractivity contribution in [3.05, 3.63) is 95.6 Å². The Morgan fingerprint density at radius 2 is 1.66 bits per heavy atom. The number of nitrogens with one attached hydrogen (secondary N) is 1. The van der Waals surface area contributed by atoms with Crippen molar-refractivity contribution >= 4 is 12.1 Å². The molecule has 5 heteroatoms. The molecule has 5 nitrogen and oxygen atoms in total. The Labute approximate surface area is 190 Å². The van der Waals surface area contributed by atoms with E-state index in [1.165, 1.54) is 5.56 Å². The highest BCUT2D eigenvalue weighted by atomic mass is 16.5. The van der Waals surface area contributed by atoms with E-state index in [-0.39, 0.29) is 5.91 Å². The normalized spacial score (nSPS) is 11.8.